The maximum atomic E-state index is 5.89. The first-order chi connectivity index (χ1) is 11.2. The van der Waals surface area contributed by atoms with Crippen molar-refractivity contribution < 1.29 is 9.47 Å². The Bertz CT molecular complexity index is 457. The number of hydrogen-bond acceptors (Lipinski definition) is 4. The van der Waals surface area contributed by atoms with Gasteiger partial charge in [-0.05, 0) is 51.5 Å². The van der Waals surface area contributed by atoms with Crippen molar-refractivity contribution in [1.82, 2.24) is 9.80 Å². The van der Waals surface area contributed by atoms with Gasteiger partial charge in [0.1, 0.15) is 5.75 Å². The van der Waals surface area contributed by atoms with E-state index in [9.17, 15) is 0 Å². The Morgan fingerprint density at radius 2 is 2.00 bits per heavy atom. The molecule has 0 amide bonds. The smallest absolute Gasteiger partial charge is 0.123 e. The van der Waals surface area contributed by atoms with E-state index in [4.69, 9.17) is 9.47 Å². The second kappa shape index (κ2) is 9.91. The minimum absolute atomic E-state index is 0.788. The van der Waals surface area contributed by atoms with E-state index < -0.39 is 0 Å². The van der Waals surface area contributed by atoms with E-state index in [1.807, 2.05) is 0 Å². The Hall–Kier alpha value is -1.10. The highest BCUT2D eigenvalue weighted by atomic mass is 16.5. The molecular weight excluding hydrogens is 288 g/mol. The summed E-state index contributed by atoms with van der Waals surface area (Å²) in [4.78, 5) is 4.70. The van der Waals surface area contributed by atoms with Crippen LogP contribution in [0.5, 0.6) is 5.75 Å². The van der Waals surface area contributed by atoms with E-state index in [2.05, 4.69) is 49.0 Å². The average molecular weight is 320 g/mol. The predicted octanol–water partition coefficient (Wildman–Crippen LogP) is 2.80. The molecule has 1 aromatic carbocycles. The highest BCUT2D eigenvalue weighted by molar-refractivity contribution is 5.37. The lowest BCUT2D eigenvalue weighted by atomic mass is 10.0. The van der Waals surface area contributed by atoms with Crippen molar-refractivity contribution in [2.24, 2.45) is 0 Å². The lowest BCUT2D eigenvalue weighted by Crippen LogP contribution is -2.36. The molecule has 1 aliphatic heterocycles. The van der Waals surface area contributed by atoms with Gasteiger partial charge in [0, 0.05) is 25.2 Å². The SMILES string of the molecule is CCCOc1ccc(CCCN2CCOCC2)cc1CN(C)C. The molecule has 1 aliphatic rings. The minimum atomic E-state index is 0.788. The summed E-state index contributed by atoms with van der Waals surface area (Å²) in [5.74, 6) is 1.04. The normalized spacial score (nSPS) is 16.0. The maximum absolute atomic E-state index is 5.89. The molecule has 4 heteroatoms. The van der Waals surface area contributed by atoms with Crippen LogP contribution in [0.3, 0.4) is 0 Å². The monoisotopic (exact) mass is 320 g/mol. The van der Waals surface area contributed by atoms with Gasteiger partial charge < -0.3 is 14.4 Å². The van der Waals surface area contributed by atoms with Crippen LogP contribution in [-0.2, 0) is 17.7 Å². The Morgan fingerprint density at radius 3 is 2.70 bits per heavy atom. The van der Waals surface area contributed by atoms with Crippen LogP contribution in [-0.4, -0.2) is 63.4 Å². The van der Waals surface area contributed by atoms with Gasteiger partial charge in [-0.25, -0.2) is 0 Å². The predicted molar refractivity (Wildman–Crippen MR) is 95.2 cm³/mol. The molecular formula is C19H32N2O2. The molecule has 0 unspecified atom stereocenters. The number of aryl methyl sites for hydroxylation is 1. The maximum Gasteiger partial charge on any atom is 0.123 e. The summed E-state index contributed by atoms with van der Waals surface area (Å²) < 4.78 is 11.3. The van der Waals surface area contributed by atoms with E-state index in [1.165, 1.54) is 24.1 Å². The molecule has 0 N–H and O–H groups in total. The number of rotatable bonds is 9. The van der Waals surface area contributed by atoms with Crippen LogP contribution in [0.15, 0.2) is 18.2 Å². The second-order valence-electron chi connectivity index (χ2n) is 6.59. The lowest BCUT2D eigenvalue weighted by molar-refractivity contribution is 0.0374. The van der Waals surface area contributed by atoms with Crippen LogP contribution in [0.4, 0.5) is 0 Å². The quantitative estimate of drug-likeness (QED) is 0.698. The van der Waals surface area contributed by atoms with Crippen molar-refractivity contribution in [3.8, 4) is 5.75 Å². The molecule has 4 nitrogen and oxygen atoms in total. The molecule has 1 fully saturated rings. The molecule has 2 rings (SSSR count). The van der Waals surface area contributed by atoms with Crippen molar-refractivity contribution in [3.63, 3.8) is 0 Å². The molecule has 0 radical (unpaired) electrons. The van der Waals surface area contributed by atoms with E-state index in [0.29, 0.717) is 0 Å². The third-order valence-corrected chi connectivity index (χ3v) is 4.12. The molecule has 0 aliphatic carbocycles. The van der Waals surface area contributed by atoms with E-state index in [0.717, 1.165) is 58.0 Å². The van der Waals surface area contributed by atoms with Crippen LogP contribution >= 0.6 is 0 Å². The molecule has 0 spiro atoms. The van der Waals surface area contributed by atoms with E-state index >= 15 is 0 Å². The molecule has 23 heavy (non-hydrogen) atoms. The summed E-state index contributed by atoms with van der Waals surface area (Å²) in [7, 11) is 4.21. The summed E-state index contributed by atoms with van der Waals surface area (Å²) in [5, 5.41) is 0. The highest BCUT2D eigenvalue weighted by Gasteiger charge is 2.10. The number of ether oxygens (including phenoxy) is 2. The van der Waals surface area contributed by atoms with Crippen molar-refractivity contribution in [2.75, 3.05) is 53.6 Å². The van der Waals surface area contributed by atoms with Crippen LogP contribution in [0.25, 0.3) is 0 Å². The number of nitrogens with zero attached hydrogens (tertiary/aromatic N) is 2. The summed E-state index contributed by atoms with van der Waals surface area (Å²) in [6.07, 6.45) is 3.38. The minimum Gasteiger partial charge on any atom is -0.493 e. The van der Waals surface area contributed by atoms with Crippen molar-refractivity contribution in [3.05, 3.63) is 29.3 Å². The standard InChI is InChI=1S/C19H32N2O2/c1-4-12-23-19-8-7-17(15-18(19)16-20(2)3)6-5-9-21-10-13-22-14-11-21/h7-8,15H,4-6,9-14,16H2,1-3H3. The van der Waals surface area contributed by atoms with Crippen LogP contribution in [0, 0.1) is 0 Å². The van der Waals surface area contributed by atoms with Gasteiger partial charge in [-0.3, -0.25) is 4.90 Å². The van der Waals surface area contributed by atoms with Crippen molar-refractivity contribution in [2.45, 2.75) is 32.7 Å². The van der Waals surface area contributed by atoms with Gasteiger partial charge in [0.05, 0.1) is 19.8 Å². The zero-order chi connectivity index (χ0) is 16.5. The molecule has 0 bridgehead atoms. The van der Waals surface area contributed by atoms with Crippen LogP contribution in [0.1, 0.15) is 30.9 Å². The third kappa shape index (κ3) is 6.50. The summed E-state index contributed by atoms with van der Waals surface area (Å²) in [6, 6.07) is 6.70. The fourth-order valence-electron chi connectivity index (χ4n) is 2.94. The second-order valence-corrected chi connectivity index (χ2v) is 6.59. The van der Waals surface area contributed by atoms with E-state index in [1.54, 1.807) is 0 Å². The Morgan fingerprint density at radius 1 is 1.22 bits per heavy atom. The Kier molecular flexibility index (Phi) is 7.86. The fraction of sp³-hybridized carbons (Fsp3) is 0.684. The topological polar surface area (TPSA) is 24.9 Å². The first-order valence-electron chi connectivity index (χ1n) is 8.88. The van der Waals surface area contributed by atoms with Gasteiger partial charge >= 0.3 is 0 Å². The molecule has 0 aromatic heterocycles. The molecule has 1 heterocycles. The number of hydrogen-bond donors (Lipinski definition) is 0. The third-order valence-electron chi connectivity index (χ3n) is 4.12. The van der Waals surface area contributed by atoms with Gasteiger partial charge in [0.15, 0.2) is 0 Å². The fourth-order valence-corrected chi connectivity index (χ4v) is 2.94. The largest absolute Gasteiger partial charge is 0.493 e. The molecule has 1 saturated heterocycles. The van der Waals surface area contributed by atoms with E-state index in [-0.39, 0.29) is 0 Å². The molecule has 0 atom stereocenters. The van der Waals surface area contributed by atoms with Gasteiger partial charge in [-0.15, -0.1) is 0 Å². The summed E-state index contributed by atoms with van der Waals surface area (Å²) >= 11 is 0. The number of morpholine rings is 1. The molecule has 130 valence electrons. The van der Waals surface area contributed by atoms with Gasteiger partial charge in [0.25, 0.3) is 0 Å². The highest BCUT2D eigenvalue weighted by Crippen LogP contribution is 2.22. The Balaban J connectivity index is 1.89. The number of benzene rings is 1. The van der Waals surface area contributed by atoms with Gasteiger partial charge in [-0.1, -0.05) is 19.1 Å². The first kappa shape index (κ1) is 18.2. The van der Waals surface area contributed by atoms with Crippen LogP contribution in [0.2, 0.25) is 0 Å². The van der Waals surface area contributed by atoms with Gasteiger partial charge in [-0.2, -0.15) is 0 Å². The zero-order valence-corrected chi connectivity index (χ0v) is 15.0. The molecule has 0 saturated carbocycles. The van der Waals surface area contributed by atoms with Crippen molar-refractivity contribution >= 4 is 0 Å². The zero-order valence-electron chi connectivity index (χ0n) is 15.0. The summed E-state index contributed by atoms with van der Waals surface area (Å²) in [6.45, 7) is 8.96. The first-order valence-corrected chi connectivity index (χ1v) is 8.88. The van der Waals surface area contributed by atoms with Crippen molar-refractivity contribution in [1.29, 1.82) is 0 Å². The van der Waals surface area contributed by atoms with Gasteiger partial charge in [0.2, 0.25) is 0 Å². The summed E-state index contributed by atoms with van der Waals surface area (Å²) in [5.41, 5.74) is 2.71. The molecule has 1 aromatic rings. The average Bonchev–Trinajstić information content (AvgIpc) is 2.54. The Labute approximate surface area is 141 Å². The lowest BCUT2D eigenvalue weighted by Gasteiger charge is -2.26. The van der Waals surface area contributed by atoms with Crippen LogP contribution < -0.4 is 4.74 Å².